The Balaban J connectivity index is 1.71. The number of methoxy groups -OCH3 is 1. The van der Waals surface area contributed by atoms with E-state index in [1.165, 1.54) is 0 Å². The summed E-state index contributed by atoms with van der Waals surface area (Å²) in [4.78, 5) is 14.4. The van der Waals surface area contributed by atoms with Crippen molar-refractivity contribution in [1.29, 1.82) is 0 Å². The third-order valence-corrected chi connectivity index (χ3v) is 5.27. The first-order chi connectivity index (χ1) is 14.6. The van der Waals surface area contributed by atoms with E-state index in [1.54, 1.807) is 11.5 Å². The molecule has 2 aromatic heterocycles. The number of nitrogens with zero attached hydrogens (tertiary/aromatic N) is 3. The van der Waals surface area contributed by atoms with Gasteiger partial charge >= 0.3 is 5.69 Å². The van der Waals surface area contributed by atoms with Crippen LogP contribution in [0.25, 0.3) is 27.7 Å². The quantitative estimate of drug-likeness (QED) is 0.441. The van der Waals surface area contributed by atoms with Gasteiger partial charge in [0.1, 0.15) is 5.75 Å². The fourth-order valence-corrected chi connectivity index (χ4v) is 3.81. The number of aromatic nitrogens is 3. The van der Waals surface area contributed by atoms with Gasteiger partial charge < -0.3 is 15.0 Å². The zero-order valence-electron chi connectivity index (χ0n) is 17.6. The Labute approximate surface area is 175 Å². The molecule has 156 valence electrons. The summed E-state index contributed by atoms with van der Waals surface area (Å²) < 4.78 is 7.19. The first-order valence-corrected chi connectivity index (χ1v) is 10.1. The van der Waals surface area contributed by atoms with Crippen molar-refractivity contribution in [3.63, 3.8) is 0 Å². The number of hydrogen-bond donors (Lipinski definition) is 2. The van der Waals surface area contributed by atoms with Crippen molar-refractivity contribution in [2.24, 2.45) is 0 Å². The topological polar surface area (TPSA) is 74.7 Å². The van der Waals surface area contributed by atoms with Gasteiger partial charge in [0.05, 0.1) is 12.6 Å². The molecule has 0 atom stereocenters. The van der Waals surface area contributed by atoms with Crippen LogP contribution in [0.2, 0.25) is 0 Å². The van der Waals surface area contributed by atoms with Crippen LogP contribution < -0.4 is 15.7 Å². The number of ether oxygens (including phenoxy) is 1. The lowest BCUT2D eigenvalue weighted by Crippen LogP contribution is -2.21. The molecule has 0 saturated carbocycles. The van der Waals surface area contributed by atoms with Crippen LogP contribution in [0.15, 0.2) is 53.3 Å². The maximum atomic E-state index is 12.2. The number of hydrogen-bond acceptors (Lipinski definition) is 5. The lowest BCUT2D eigenvalue weighted by Gasteiger charge is -2.14. The number of benzene rings is 2. The summed E-state index contributed by atoms with van der Waals surface area (Å²) in [6.07, 6.45) is 1.09. The molecular formula is C23H27N5O2. The standard InChI is InChI=1S/C23H27N5O2/c1-27(2)12-6-11-24-15-17-13-16(9-10-21(17)30-3)19-14-22-25-26-23(29)28(22)20-8-5-4-7-18(19)20/h4-5,7-10,13-14,24H,6,11-12,15H2,1-3H3,(H,26,29). The lowest BCUT2D eigenvalue weighted by atomic mass is 9.98. The number of rotatable bonds is 8. The van der Waals surface area contributed by atoms with Gasteiger partial charge in [-0.15, -0.1) is 0 Å². The van der Waals surface area contributed by atoms with Crippen molar-refractivity contribution in [3.05, 3.63) is 64.6 Å². The van der Waals surface area contributed by atoms with Gasteiger partial charge in [0.2, 0.25) is 0 Å². The summed E-state index contributed by atoms with van der Waals surface area (Å²) in [5.74, 6) is 0.861. The van der Waals surface area contributed by atoms with Crippen molar-refractivity contribution in [2.45, 2.75) is 13.0 Å². The highest BCUT2D eigenvalue weighted by molar-refractivity contribution is 5.97. The molecule has 0 aliphatic carbocycles. The van der Waals surface area contributed by atoms with Crippen molar-refractivity contribution < 1.29 is 4.74 Å². The first kappa shape index (κ1) is 20.1. The molecule has 0 aliphatic rings. The van der Waals surface area contributed by atoms with E-state index in [4.69, 9.17) is 4.74 Å². The van der Waals surface area contributed by atoms with E-state index >= 15 is 0 Å². The zero-order chi connectivity index (χ0) is 21.1. The summed E-state index contributed by atoms with van der Waals surface area (Å²) in [5, 5.41) is 11.2. The zero-order valence-corrected chi connectivity index (χ0v) is 17.6. The molecule has 0 spiro atoms. The summed E-state index contributed by atoms with van der Waals surface area (Å²) in [5.41, 5.74) is 4.41. The molecule has 7 heteroatoms. The minimum absolute atomic E-state index is 0.231. The maximum absolute atomic E-state index is 12.2. The first-order valence-electron chi connectivity index (χ1n) is 10.1. The van der Waals surface area contributed by atoms with Crippen molar-refractivity contribution >= 4 is 16.6 Å². The molecule has 4 aromatic rings. The van der Waals surface area contributed by atoms with E-state index in [1.807, 2.05) is 36.4 Å². The molecule has 2 heterocycles. The van der Waals surface area contributed by atoms with Gasteiger partial charge in [0, 0.05) is 17.5 Å². The van der Waals surface area contributed by atoms with Crippen LogP contribution >= 0.6 is 0 Å². The number of fused-ring (bicyclic) bond motifs is 3. The summed E-state index contributed by atoms with van der Waals surface area (Å²) in [6.45, 7) is 2.72. The SMILES string of the molecule is COc1ccc(-c2cc3n[nH]c(=O)n3c3ccccc23)cc1CNCCCN(C)C. The fourth-order valence-electron chi connectivity index (χ4n) is 3.81. The normalized spacial score (nSPS) is 11.6. The maximum Gasteiger partial charge on any atom is 0.348 e. The van der Waals surface area contributed by atoms with E-state index in [0.717, 1.165) is 59.4 Å². The van der Waals surface area contributed by atoms with Gasteiger partial charge in [0.15, 0.2) is 5.65 Å². The molecule has 4 rings (SSSR count). The molecule has 0 unspecified atom stereocenters. The molecule has 7 nitrogen and oxygen atoms in total. The van der Waals surface area contributed by atoms with Crippen LogP contribution in [-0.2, 0) is 6.54 Å². The van der Waals surface area contributed by atoms with Crippen molar-refractivity contribution in [3.8, 4) is 16.9 Å². The third kappa shape index (κ3) is 3.94. The Bertz CT molecular complexity index is 1230. The van der Waals surface area contributed by atoms with Crippen LogP contribution in [0.1, 0.15) is 12.0 Å². The van der Waals surface area contributed by atoms with Crippen molar-refractivity contribution in [1.82, 2.24) is 24.8 Å². The van der Waals surface area contributed by atoms with E-state index in [9.17, 15) is 4.79 Å². The predicted molar refractivity (Wildman–Crippen MR) is 120 cm³/mol. The van der Waals surface area contributed by atoms with Crippen LogP contribution in [0, 0.1) is 0 Å². The molecule has 0 amide bonds. The average molecular weight is 406 g/mol. The van der Waals surface area contributed by atoms with Crippen LogP contribution in [0.5, 0.6) is 5.75 Å². The van der Waals surface area contributed by atoms with E-state index < -0.39 is 0 Å². The second-order valence-corrected chi connectivity index (χ2v) is 7.66. The van der Waals surface area contributed by atoms with Gasteiger partial charge in [0.25, 0.3) is 0 Å². The van der Waals surface area contributed by atoms with Crippen LogP contribution in [0.4, 0.5) is 0 Å². The van der Waals surface area contributed by atoms with Gasteiger partial charge in [-0.1, -0.05) is 24.3 Å². The number of para-hydroxylation sites is 1. The molecule has 0 saturated heterocycles. The highest BCUT2D eigenvalue weighted by Gasteiger charge is 2.13. The molecule has 30 heavy (non-hydrogen) atoms. The van der Waals surface area contributed by atoms with E-state index in [-0.39, 0.29) is 5.69 Å². The monoisotopic (exact) mass is 405 g/mol. The van der Waals surface area contributed by atoms with Gasteiger partial charge in [-0.2, -0.15) is 5.10 Å². The Kier molecular flexibility index (Phi) is 5.83. The molecule has 2 N–H and O–H groups in total. The van der Waals surface area contributed by atoms with E-state index in [2.05, 4.69) is 46.6 Å². The fraction of sp³-hybridized carbons (Fsp3) is 0.304. The Morgan fingerprint density at radius 1 is 1.17 bits per heavy atom. The molecular weight excluding hydrogens is 378 g/mol. The van der Waals surface area contributed by atoms with Gasteiger partial charge in [-0.25, -0.2) is 14.3 Å². The van der Waals surface area contributed by atoms with Crippen LogP contribution in [-0.4, -0.2) is 53.8 Å². The minimum Gasteiger partial charge on any atom is -0.496 e. The van der Waals surface area contributed by atoms with Crippen LogP contribution in [0.3, 0.4) is 0 Å². The summed E-state index contributed by atoms with van der Waals surface area (Å²) in [7, 11) is 5.87. The largest absolute Gasteiger partial charge is 0.496 e. The molecule has 0 bridgehead atoms. The van der Waals surface area contributed by atoms with Gasteiger partial charge in [-0.3, -0.25) is 0 Å². The van der Waals surface area contributed by atoms with E-state index in [0.29, 0.717) is 5.65 Å². The smallest absolute Gasteiger partial charge is 0.348 e. The molecule has 0 aliphatic heterocycles. The Morgan fingerprint density at radius 2 is 2.00 bits per heavy atom. The van der Waals surface area contributed by atoms with Crippen molar-refractivity contribution in [2.75, 3.05) is 34.3 Å². The third-order valence-electron chi connectivity index (χ3n) is 5.27. The molecule has 2 aromatic carbocycles. The number of H-pyrrole nitrogens is 1. The number of aromatic amines is 1. The second-order valence-electron chi connectivity index (χ2n) is 7.66. The second kappa shape index (κ2) is 8.69. The predicted octanol–water partition coefficient (Wildman–Crippen LogP) is 2.89. The van der Waals surface area contributed by atoms with Gasteiger partial charge in [-0.05, 0) is 69.0 Å². The highest BCUT2D eigenvalue weighted by Crippen LogP contribution is 2.32. The lowest BCUT2D eigenvalue weighted by molar-refractivity contribution is 0.391. The highest BCUT2D eigenvalue weighted by atomic mass is 16.5. The Hall–Kier alpha value is -3.16. The molecule has 0 radical (unpaired) electrons. The minimum atomic E-state index is -0.231. The number of nitrogens with one attached hydrogen (secondary N) is 2. The number of pyridine rings is 1. The summed E-state index contributed by atoms with van der Waals surface area (Å²) in [6, 6.07) is 16.1. The molecule has 0 fully saturated rings. The Morgan fingerprint density at radius 3 is 2.80 bits per heavy atom. The average Bonchev–Trinajstić information content (AvgIpc) is 3.13. The summed E-state index contributed by atoms with van der Waals surface area (Å²) >= 11 is 0.